The minimum absolute atomic E-state index is 0.0445. The van der Waals surface area contributed by atoms with Crippen molar-refractivity contribution in [2.75, 3.05) is 11.5 Å². The van der Waals surface area contributed by atoms with E-state index in [1.807, 2.05) is 12.1 Å². The van der Waals surface area contributed by atoms with Gasteiger partial charge in [0.25, 0.3) is 0 Å². The van der Waals surface area contributed by atoms with E-state index in [1.54, 1.807) is 0 Å². The van der Waals surface area contributed by atoms with E-state index >= 15 is 0 Å². The van der Waals surface area contributed by atoms with Gasteiger partial charge < -0.3 is 20.6 Å². The quantitative estimate of drug-likeness (QED) is 0.174. The Bertz CT molecular complexity index is 2840. The fourth-order valence-corrected chi connectivity index (χ4v) is 9.16. The van der Waals surface area contributed by atoms with Crippen LogP contribution in [0.5, 0.6) is 0 Å². The van der Waals surface area contributed by atoms with Crippen molar-refractivity contribution in [2.24, 2.45) is 0 Å². The fourth-order valence-electron chi connectivity index (χ4n) is 9.16. The molecule has 0 spiro atoms. The molecule has 7 aromatic carbocycles. The van der Waals surface area contributed by atoms with Gasteiger partial charge in [-0.1, -0.05) is 132 Å². The number of aromatic nitrogens is 2. The summed E-state index contributed by atoms with van der Waals surface area (Å²) in [5.74, 6) is 0. The molecule has 0 aliphatic heterocycles. The second kappa shape index (κ2) is 14.1. The SMILES string of the molecule is CC(C)(C)c1ccc2c(c1)c1cc(C(C)(C)C)ccc1n2-c1ccc(-c2cc(N)c(N)cc2-c2ccc(-n3c4ccc(C(C)(C)C)cc4c4cc(C(C)(C)C)ccc43)cc2)cc1. The number of nitrogen functional groups attached to an aromatic ring is 2. The third-order valence-electron chi connectivity index (χ3n) is 13.1. The highest BCUT2D eigenvalue weighted by molar-refractivity contribution is 6.11. The van der Waals surface area contributed by atoms with Gasteiger partial charge in [-0.2, -0.15) is 0 Å². The molecule has 4 heteroatoms. The Morgan fingerprint density at radius 2 is 0.548 bits per heavy atom. The Balaban J connectivity index is 1.14. The smallest absolute Gasteiger partial charge is 0.0554 e. The van der Waals surface area contributed by atoms with E-state index < -0.39 is 0 Å². The lowest BCUT2D eigenvalue weighted by molar-refractivity contribution is 0.590. The van der Waals surface area contributed by atoms with Gasteiger partial charge in [-0.05, 0) is 151 Å². The van der Waals surface area contributed by atoms with Crippen molar-refractivity contribution in [1.29, 1.82) is 0 Å². The van der Waals surface area contributed by atoms with Gasteiger partial charge in [0.15, 0.2) is 0 Å². The number of anilines is 2. The summed E-state index contributed by atoms with van der Waals surface area (Å²) in [6.07, 6.45) is 0. The van der Waals surface area contributed by atoms with Crippen molar-refractivity contribution in [3.8, 4) is 33.6 Å². The maximum Gasteiger partial charge on any atom is 0.0554 e. The zero-order chi connectivity index (χ0) is 44.3. The Morgan fingerprint density at radius 1 is 0.306 bits per heavy atom. The zero-order valence-corrected chi connectivity index (χ0v) is 38.8. The summed E-state index contributed by atoms with van der Waals surface area (Å²) in [5, 5.41) is 5.13. The van der Waals surface area contributed by atoms with Crippen molar-refractivity contribution >= 4 is 55.0 Å². The zero-order valence-electron chi connectivity index (χ0n) is 38.8. The minimum Gasteiger partial charge on any atom is -0.397 e. The summed E-state index contributed by atoms with van der Waals surface area (Å²) in [5.41, 5.74) is 31.1. The highest BCUT2D eigenvalue weighted by Crippen LogP contribution is 2.42. The van der Waals surface area contributed by atoms with Gasteiger partial charge in [-0.25, -0.2) is 0 Å². The third kappa shape index (κ3) is 7.04. The molecule has 2 heterocycles. The summed E-state index contributed by atoms with van der Waals surface area (Å²) in [4.78, 5) is 0. The number of hydrogen-bond acceptors (Lipinski definition) is 2. The molecule has 9 rings (SSSR count). The monoisotopic (exact) mass is 814 g/mol. The normalized spacial score (nSPS) is 13.0. The van der Waals surface area contributed by atoms with Crippen molar-refractivity contribution in [3.05, 3.63) is 156 Å². The predicted octanol–water partition coefficient (Wildman–Crippen LogP) is 15.6. The standard InChI is InChI=1S/C58H62N4/c1-55(2,3)37-17-25-51-45(29-37)46-30-38(56(4,5)6)18-26-52(46)61(51)41-21-13-35(14-22-41)43-33-49(59)50(60)34-44(43)36-15-23-42(24-16-36)62-53-27-19-39(57(7,8)9)31-47(53)48-32-40(58(10,11)12)20-28-54(48)62/h13-34H,59-60H2,1-12H3. The molecule has 4 N–H and O–H groups in total. The molecule has 0 aliphatic rings. The Hall–Kier alpha value is -6.26. The summed E-state index contributed by atoms with van der Waals surface area (Å²) in [6, 6.07) is 49.9. The molecular weight excluding hydrogens is 753 g/mol. The van der Waals surface area contributed by atoms with Crippen molar-refractivity contribution in [2.45, 2.75) is 105 Å². The topological polar surface area (TPSA) is 61.9 Å². The predicted molar refractivity (Wildman–Crippen MR) is 270 cm³/mol. The average Bonchev–Trinajstić information content (AvgIpc) is 3.72. The van der Waals surface area contributed by atoms with Gasteiger partial charge in [0.05, 0.1) is 33.4 Å². The van der Waals surface area contributed by atoms with E-state index in [2.05, 4.69) is 214 Å². The first-order chi connectivity index (χ1) is 29.1. The molecule has 314 valence electrons. The molecule has 4 nitrogen and oxygen atoms in total. The van der Waals surface area contributed by atoms with Gasteiger partial charge in [0, 0.05) is 32.9 Å². The molecule has 0 saturated heterocycles. The van der Waals surface area contributed by atoms with Gasteiger partial charge in [-0.15, -0.1) is 0 Å². The van der Waals surface area contributed by atoms with Gasteiger partial charge in [-0.3, -0.25) is 0 Å². The van der Waals surface area contributed by atoms with Gasteiger partial charge in [0.1, 0.15) is 0 Å². The molecule has 0 unspecified atom stereocenters. The summed E-state index contributed by atoms with van der Waals surface area (Å²) in [6.45, 7) is 27.4. The molecule has 2 aromatic heterocycles. The lowest BCUT2D eigenvalue weighted by atomic mass is 9.85. The largest absolute Gasteiger partial charge is 0.397 e. The lowest BCUT2D eigenvalue weighted by Gasteiger charge is -2.19. The molecule has 0 bridgehead atoms. The van der Waals surface area contributed by atoms with E-state index in [1.165, 1.54) is 65.9 Å². The molecule has 0 fully saturated rings. The van der Waals surface area contributed by atoms with Crippen LogP contribution < -0.4 is 11.5 Å². The highest BCUT2D eigenvalue weighted by Gasteiger charge is 2.23. The van der Waals surface area contributed by atoms with Crippen LogP contribution in [-0.2, 0) is 21.7 Å². The van der Waals surface area contributed by atoms with Crippen LogP contribution in [0.3, 0.4) is 0 Å². The van der Waals surface area contributed by atoms with Crippen LogP contribution in [0.15, 0.2) is 133 Å². The summed E-state index contributed by atoms with van der Waals surface area (Å²) >= 11 is 0. The Morgan fingerprint density at radius 3 is 0.774 bits per heavy atom. The van der Waals surface area contributed by atoms with E-state index in [0.29, 0.717) is 11.4 Å². The van der Waals surface area contributed by atoms with Crippen LogP contribution in [0.1, 0.15) is 105 Å². The molecule has 0 amide bonds. The van der Waals surface area contributed by atoms with Crippen LogP contribution in [0.2, 0.25) is 0 Å². The number of nitrogens with zero attached hydrogens (tertiary/aromatic N) is 2. The van der Waals surface area contributed by atoms with Crippen LogP contribution in [0, 0.1) is 0 Å². The molecule has 62 heavy (non-hydrogen) atoms. The summed E-state index contributed by atoms with van der Waals surface area (Å²) < 4.78 is 4.82. The van der Waals surface area contributed by atoms with Crippen LogP contribution in [-0.4, -0.2) is 9.13 Å². The van der Waals surface area contributed by atoms with Crippen molar-refractivity contribution in [3.63, 3.8) is 0 Å². The molecular formula is C58H62N4. The fraction of sp³-hybridized carbons (Fsp3) is 0.276. The Kier molecular flexibility index (Phi) is 9.38. The molecule has 0 saturated carbocycles. The first-order valence-corrected chi connectivity index (χ1v) is 22.2. The first kappa shape index (κ1) is 41.1. The highest BCUT2D eigenvalue weighted by atomic mass is 15.0. The second-order valence-electron chi connectivity index (χ2n) is 21.7. The van der Waals surface area contributed by atoms with Gasteiger partial charge in [0.2, 0.25) is 0 Å². The number of nitrogens with two attached hydrogens (primary N) is 2. The number of hydrogen-bond donors (Lipinski definition) is 2. The van der Waals surface area contributed by atoms with Gasteiger partial charge >= 0.3 is 0 Å². The van der Waals surface area contributed by atoms with E-state index in [0.717, 1.165) is 33.6 Å². The minimum atomic E-state index is 0.0445. The van der Waals surface area contributed by atoms with Crippen molar-refractivity contribution < 1.29 is 0 Å². The maximum atomic E-state index is 6.56. The third-order valence-corrected chi connectivity index (χ3v) is 13.1. The van der Waals surface area contributed by atoms with Crippen molar-refractivity contribution in [1.82, 2.24) is 9.13 Å². The van der Waals surface area contributed by atoms with Crippen LogP contribution in [0.25, 0.3) is 77.2 Å². The number of benzene rings is 7. The number of fused-ring (bicyclic) bond motifs is 6. The first-order valence-electron chi connectivity index (χ1n) is 22.2. The number of rotatable bonds is 4. The molecule has 0 aliphatic carbocycles. The lowest BCUT2D eigenvalue weighted by Crippen LogP contribution is -2.10. The van der Waals surface area contributed by atoms with E-state index in [4.69, 9.17) is 11.5 Å². The average molecular weight is 815 g/mol. The van der Waals surface area contributed by atoms with E-state index in [9.17, 15) is 0 Å². The summed E-state index contributed by atoms with van der Waals surface area (Å²) in [7, 11) is 0. The second-order valence-corrected chi connectivity index (χ2v) is 21.7. The van der Waals surface area contributed by atoms with E-state index in [-0.39, 0.29) is 21.7 Å². The maximum absolute atomic E-state index is 6.56. The molecule has 9 aromatic rings. The Labute approximate surface area is 368 Å². The molecule has 0 radical (unpaired) electrons. The van der Waals surface area contributed by atoms with Crippen LogP contribution >= 0.6 is 0 Å². The van der Waals surface area contributed by atoms with Crippen LogP contribution in [0.4, 0.5) is 11.4 Å². The molecule has 0 atom stereocenters.